The molecule has 23 heavy (non-hydrogen) atoms. The van der Waals surface area contributed by atoms with Crippen LogP contribution < -0.4 is 0 Å². The van der Waals surface area contributed by atoms with E-state index in [0.29, 0.717) is 35.2 Å². The second-order valence-electron chi connectivity index (χ2n) is 5.51. The molecule has 4 nitrogen and oxygen atoms in total. The summed E-state index contributed by atoms with van der Waals surface area (Å²) in [6.45, 7) is 3.68. The van der Waals surface area contributed by atoms with E-state index in [2.05, 4.69) is 9.88 Å². The first kappa shape index (κ1) is 16.2. The van der Waals surface area contributed by atoms with Crippen LogP contribution in [0.25, 0.3) is 0 Å². The normalized spacial score (nSPS) is 15.7. The van der Waals surface area contributed by atoms with Crippen molar-refractivity contribution in [3.63, 3.8) is 0 Å². The van der Waals surface area contributed by atoms with Crippen LogP contribution in [0.4, 0.5) is 0 Å². The van der Waals surface area contributed by atoms with Gasteiger partial charge in [-0.15, -0.1) is 0 Å². The minimum atomic E-state index is 0.0357. The van der Waals surface area contributed by atoms with Crippen LogP contribution in [0.3, 0.4) is 0 Å². The largest absolute Gasteiger partial charge is 0.336 e. The number of halogens is 2. The van der Waals surface area contributed by atoms with E-state index in [-0.39, 0.29) is 5.91 Å². The van der Waals surface area contributed by atoms with Crippen molar-refractivity contribution in [1.82, 2.24) is 14.8 Å². The van der Waals surface area contributed by atoms with Crippen LogP contribution in [0.1, 0.15) is 15.9 Å². The van der Waals surface area contributed by atoms with Gasteiger partial charge in [0.05, 0.1) is 5.56 Å². The zero-order chi connectivity index (χ0) is 16.2. The SMILES string of the molecule is O=C(c1cccnc1)N1CCN(Cc2c(Cl)cccc2Cl)CC1. The minimum Gasteiger partial charge on any atom is -0.336 e. The molecule has 1 fully saturated rings. The predicted octanol–water partition coefficient (Wildman–Crippen LogP) is 3.35. The molecule has 0 saturated carbocycles. The number of piperazine rings is 1. The Kier molecular flexibility index (Phi) is 5.16. The average Bonchev–Trinajstić information content (AvgIpc) is 2.59. The third-order valence-electron chi connectivity index (χ3n) is 4.01. The van der Waals surface area contributed by atoms with Crippen molar-refractivity contribution in [2.45, 2.75) is 6.54 Å². The van der Waals surface area contributed by atoms with Gasteiger partial charge >= 0.3 is 0 Å². The van der Waals surface area contributed by atoms with Crippen LogP contribution in [0.15, 0.2) is 42.7 Å². The van der Waals surface area contributed by atoms with Gasteiger partial charge in [0.1, 0.15) is 0 Å². The standard InChI is InChI=1S/C17H17Cl2N3O/c18-15-4-1-5-16(19)14(15)12-21-7-9-22(10-8-21)17(23)13-3-2-6-20-11-13/h1-6,11H,7-10,12H2. The van der Waals surface area contributed by atoms with Crippen molar-refractivity contribution in [2.24, 2.45) is 0 Å². The van der Waals surface area contributed by atoms with E-state index in [4.69, 9.17) is 23.2 Å². The summed E-state index contributed by atoms with van der Waals surface area (Å²) in [6, 6.07) is 9.13. The van der Waals surface area contributed by atoms with Gasteiger partial charge in [-0.2, -0.15) is 0 Å². The number of carbonyl (C=O) groups is 1. The summed E-state index contributed by atoms with van der Waals surface area (Å²) in [7, 11) is 0. The molecule has 3 rings (SSSR count). The number of hydrogen-bond donors (Lipinski definition) is 0. The number of benzene rings is 1. The lowest BCUT2D eigenvalue weighted by atomic mass is 10.2. The lowest BCUT2D eigenvalue weighted by Crippen LogP contribution is -2.48. The first-order valence-corrected chi connectivity index (χ1v) is 8.25. The molecule has 0 N–H and O–H groups in total. The summed E-state index contributed by atoms with van der Waals surface area (Å²) in [6.07, 6.45) is 3.28. The number of amides is 1. The van der Waals surface area contributed by atoms with Crippen molar-refractivity contribution < 1.29 is 4.79 Å². The van der Waals surface area contributed by atoms with Gasteiger partial charge in [0.15, 0.2) is 0 Å². The molecule has 6 heteroatoms. The monoisotopic (exact) mass is 349 g/mol. The third-order valence-corrected chi connectivity index (χ3v) is 4.72. The fourth-order valence-corrected chi connectivity index (χ4v) is 3.20. The molecule has 1 aliphatic rings. The number of hydrogen-bond acceptors (Lipinski definition) is 3. The molecule has 0 atom stereocenters. The summed E-state index contributed by atoms with van der Waals surface area (Å²) in [5.41, 5.74) is 1.58. The fourth-order valence-electron chi connectivity index (χ4n) is 2.69. The lowest BCUT2D eigenvalue weighted by molar-refractivity contribution is 0.0628. The van der Waals surface area contributed by atoms with Crippen LogP contribution in [0, 0.1) is 0 Å². The summed E-state index contributed by atoms with van der Waals surface area (Å²) in [5.74, 6) is 0.0357. The van der Waals surface area contributed by atoms with E-state index in [1.807, 2.05) is 23.1 Å². The predicted molar refractivity (Wildman–Crippen MR) is 91.9 cm³/mol. The molecule has 2 heterocycles. The van der Waals surface area contributed by atoms with E-state index in [9.17, 15) is 4.79 Å². The quantitative estimate of drug-likeness (QED) is 0.852. The smallest absolute Gasteiger partial charge is 0.255 e. The van der Waals surface area contributed by atoms with Gasteiger partial charge in [0.25, 0.3) is 5.91 Å². The minimum absolute atomic E-state index is 0.0357. The molecule has 1 aromatic heterocycles. The third kappa shape index (κ3) is 3.83. The summed E-state index contributed by atoms with van der Waals surface area (Å²) < 4.78 is 0. The average molecular weight is 350 g/mol. The van der Waals surface area contributed by atoms with Gasteiger partial charge in [0.2, 0.25) is 0 Å². The van der Waals surface area contributed by atoms with Gasteiger partial charge in [-0.3, -0.25) is 14.7 Å². The van der Waals surface area contributed by atoms with E-state index in [1.54, 1.807) is 24.5 Å². The molecular formula is C17H17Cl2N3O. The number of carbonyl (C=O) groups excluding carboxylic acids is 1. The molecule has 120 valence electrons. The molecule has 1 saturated heterocycles. The zero-order valence-electron chi connectivity index (χ0n) is 12.6. The maximum Gasteiger partial charge on any atom is 0.255 e. The maximum absolute atomic E-state index is 12.4. The topological polar surface area (TPSA) is 36.4 Å². The number of nitrogens with zero attached hydrogens (tertiary/aromatic N) is 3. The van der Waals surface area contributed by atoms with E-state index in [1.165, 1.54) is 0 Å². The summed E-state index contributed by atoms with van der Waals surface area (Å²) >= 11 is 12.5. The van der Waals surface area contributed by atoms with Crippen molar-refractivity contribution >= 4 is 29.1 Å². The highest BCUT2D eigenvalue weighted by Gasteiger charge is 2.23. The Bertz CT molecular complexity index is 665. The number of aromatic nitrogens is 1. The van der Waals surface area contributed by atoms with Crippen molar-refractivity contribution in [3.8, 4) is 0 Å². The molecule has 0 aliphatic carbocycles. The molecule has 0 unspecified atom stereocenters. The fraction of sp³-hybridized carbons (Fsp3) is 0.294. The first-order chi connectivity index (χ1) is 11.1. The van der Waals surface area contributed by atoms with Crippen LogP contribution >= 0.6 is 23.2 Å². The first-order valence-electron chi connectivity index (χ1n) is 7.49. The summed E-state index contributed by atoms with van der Waals surface area (Å²) in [5, 5.41) is 1.37. The van der Waals surface area contributed by atoms with Crippen LogP contribution in [0.2, 0.25) is 10.0 Å². The second-order valence-corrected chi connectivity index (χ2v) is 6.32. The van der Waals surface area contributed by atoms with Crippen molar-refractivity contribution in [3.05, 3.63) is 63.9 Å². The van der Waals surface area contributed by atoms with Crippen molar-refractivity contribution in [2.75, 3.05) is 26.2 Å². The number of pyridine rings is 1. The summed E-state index contributed by atoms with van der Waals surface area (Å²) in [4.78, 5) is 20.5. The highest BCUT2D eigenvalue weighted by atomic mass is 35.5. The van der Waals surface area contributed by atoms with Gasteiger partial charge in [-0.1, -0.05) is 29.3 Å². The van der Waals surface area contributed by atoms with E-state index in [0.717, 1.165) is 18.7 Å². The Morgan fingerprint density at radius 3 is 2.35 bits per heavy atom. The van der Waals surface area contributed by atoms with Crippen LogP contribution in [-0.2, 0) is 6.54 Å². The molecule has 0 spiro atoms. The van der Waals surface area contributed by atoms with Gasteiger partial charge in [-0.05, 0) is 24.3 Å². The van der Waals surface area contributed by atoms with Gasteiger partial charge in [-0.25, -0.2) is 0 Å². The zero-order valence-corrected chi connectivity index (χ0v) is 14.1. The Morgan fingerprint density at radius 2 is 1.74 bits per heavy atom. The second kappa shape index (κ2) is 7.30. The Hall–Kier alpha value is -1.62. The molecule has 2 aromatic rings. The lowest BCUT2D eigenvalue weighted by Gasteiger charge is -2.35. The van der Waals surface area contributed by atoms with Crippen LogP contribution in [0.5, 0.6) is 0 Å². The molecule has 0 bridgehead atoms. The maximum atomic E-state index is 12.4. The highest BCUT2D eigenvalue weighted by Crippen LogP contribution is 2.26. The van der Waals surface area contributed by atoms with E-state index < -0.39 is 0 Å². The van der Waals surface area contributed by atoms with E-state index >= 15 is 0 Å². The van der Waals surface area contributed by atoms with Crippen LogP contribution in [-0.4, -0.2) is 46.9 Å². The number of rotatable bonds is 3. The Morgan fingerprint density at radius 1 is 1.04 bits per heavy atom. The highest BCUT2D eigenvalue weighted by molar-refractivity contribution is 6.35. The molecule has 1 amide bonds. The Balaban J connectivity index is 1.60. The molecule has 1 aromatic carbocycles. The molecule has 1 aliphatic heterocycles. The van der Waals surface area contributed by atoms with Crippen molar-refractivity contribution in [1.29, 1.82) is 0 Å². The van der Waals surface area contributed by atoms with Gasteiger partial charge < -0.3 is 4.90 Å². The molecule has 0 radical (unpaired) electrons. The Labute approximate surface area is 145 Å². The van der Waals surface area contributed by atoms with Gasteiger partial charge in [0, 0.05) is 60.7 Å². The molecular weight excluding hydrogens is 333 g/mol.